The van der Waals surface area contributed by atoms with Crippen molar-refractivity contribution in [2.75, 3.05) is 39.6 Å². The molecule has 5 aliphatic carbocycles. The van der Waals surface area contributed by atoms with Crippen LogP contribution in [0.2, 0.25) is 0 Å². The van der Waals surface area contributed by atoms with Gasteiger partial charge in [0.1, 0.15) is 0 Å². The molecular weight excluding hydrogens is 1040 g/mol. The van der Waals surface area contributed by atoms with Gasteiger partial charge >= 0.3 is 35.8 Å². The van der Waals surface area contributed by atoms with E-state index in [0.717, 1.165) is 151 Å². The minimum absolute atomic E-state index is 0.0259. The van der Waals surface area contributed by atoms with Gasteiger partial charge < -0.3 is 28.4 Å². The molecule has 0 unspecified atom stereocenters. The molecule has 0 aromatic heterocycles. The van der Waals surface area contributed by atoms with Gasteiger partial charge in [0.15, 0.2) is 0 Å². The molecule has 0 N–H and O–H groups in total. The molecule has 0 radical (unpaired) electrons. The van der Waals surface area contributed by atoms with E-state index in [1.54, 1.807) is 13.8 Å². The number of esters is 6. The number of hydrogen-bond donors (Lipinski definition) is 0. The Morgan fingerprint density at radius 2 is 0.639 bits per heavy atom. The summed E-state index contributed by atoms with van der Waals surface area (Å²) in [4.78, 5) is 70.0. The van der Waals surface area contributed by atoms with Crippen LogP contribution in [0.4, 0.5) is 0 Å². The Kier molecular flexibility index (Phi) is 40.1. The van der Waals surface area contributed by atoms with E-state index in [-0.39, 0.29) is 53.6 Å². The molecule has 5 saturated carbocycles. The minimum Gasteiger partial charge on any atom is -0.465 e. The fourth-order valence-corrected chi connectivity index (χ4v) is 13.4. The smallest absolute Gasteiger partial charge is 0.333 e. The molecule has 12 nitrogen and oxygen atoms in total. The van der Waals surface area contributed by atoms with Crippen molar-refractivity contribution in [1.29, 1.82) is 0 Å². The SMILES string of the molecule is C=C(C)C(=O)OCCCCCCOC(=O)C1CCC(C2CCC(CCCCC)CC2)CC1.C=C(C)C(=O)OCCCCOC(=O)C1CCC(C)CC1.C=CC(=O)OCCCCCCOC(=O)C1CCC(C2CCC(CCCCC)CC2)CC1. The Bertz CT molecular complexity index is 1820. The third-order valence-corrected chi connectivity index (χ3v) is 19.0. The van der Waals surface area contributed by atoms with Gasteiger partial charge in [-0.25, -0.2) is 14.4 Å². The molecule has 12 heteroatoms. The lowest BCUT2D eigenvalue weighted by atomic mass is 9.68. The fourth-order valence-electron chi connectivity index (χ4n) is 13.4. The number of ether oxygens (including phenoxy) is 6. The van der Waals surface area contributed by atoms with Crippen molar-refractivity contribution in [2.24, 2.45) is 59.2 Å². The van der Waals surface area contributed by atoms with Crippen molar-refractivity contribution in [1.82, 2.24) is 0 Å². The molecule has 5 fully saturated rings. The van der Waals surface area contributed by atoms with Crippen molar-refractivity contribution in [3.05, 3.63) is 37.0 Å². The summed E-state index contributed by atoms with van der Waals surface area (Å²) in [7, 11) is 0. The van der Waals surface area contributed by atoms with Crippen LogP contribution in [0.3, 0.4) is 0 Å². The van der Waals surface area contributed by atoms with Crippen molar-refractivity contribution in [3.8, 4) is 0 Å². The second-order valence-corrected chi connectivity index (χ2v) is 26.0. The van der Waals surface area contributed by atoms with Gasteiger partial charge in [-0.15, -0.1) is 0 Å². The first-order chi connectivity index (χ1) is 40.1. The van der Waals surface area contributed by atoms with E-state index in [1.807, 2.05) is 0 Å². The molecule has 0 aliphatic heterocycles. The van der Waals surface area contributed by atoms with Crippen molar-refractivity contribution in [3.63, 3.8) is 0 Å². The Morgan fingerprint density at radius 3 is 0.940 bits per heavy atom. The Labute approximate surface area is 505 Å². The summed E-state index contributed by atoms with van der Waals surface area (Å²) >= 11 is 0. The average Bonchev–Trinajstić information content (AvgIpc) is 3.55. The maximum atomic E-state index is 12.4. The zero-order valence-electron chi connectivity index (χ0n) is 53.5. The standard InChI is InChI=1S/C28H48O4.C27H46O4.C16H26O4/c1-4-5-8-11-23-12-14-24(15-13-23)25-16-18-26(19-17-25)28(30)32-21-10-7-6-9-20-31-27(29)22(2)3;1-3-5-8-11-22-12-14-23(15-13-22)24-16-18-25(19-17-24)27(29)31-21-10-7-6-9-20-30-26(28)4-2;1-12(2)15(17)19-10-4-5-11-20-16(18)14-8-6-13(3)7-9-14/h23-26H,2,4-21H2,1,3H3;4,22-25H,2-3,5-21H2,1H3;13-14H,1,4-11H2,2-3H3. The zero-order valence-corrected chi connectivity index (χ0v) is 53.5. The summed E-state index contributed by atoms with van der Waals surface area (Å²) < 4.78 is 31.4. The molecule has 0 bridgehead atoms. The van der Waals surface area contributed by atoms with E-state index in [9.17, 15) is 28.8 Å². The molecule has 5 aliphatic rings. The lowest BCUT2D eigenvalue weighted by Crippen LogP contribution is -2.29. The number of rotatable bonds is 35. The lowest BCUT2D eigenvalue weighted by molar-refractivity contribution is -0.151. The van der Waals surface area contributed by atoms with Crippen LogP contribution in [0.15, 0.2) is 37.0 Å². The van der Waals surface area contributed by atoms with Gasteiger partial charge in [-0.1, -0.05) is 118 Å². The third kappa shape index (κ3) is 32.9. The quantitative estimate of drug-likeness (QED) is 0.0256. The molecule has 0 aromatic rings. The number of carbonyl (C=O) groups is 6. The summed E-state index contributed by atoms with van der Waals surface area (Å²) in [5, 5.41) is 0. The summed E-state index contributed by atoms with van der Waals surface area (Å²) in [6, 6.07) is 0. The Hall–Kier alpha value is -3.96. The van der Waals surface area contributed by atoms with E-state index in [2.05, 4.69) is 40.5 Å². The second kappa shape index (κ2) is 45.4. The van der Waals surface area contributed by atoms with Crippen molar-refractivity contribution >= 4 is 35.8 Å². The molecule has 0 heterocycles. The van der Waals surface area contributed by atoms with E-state index in [1.165, 1.54) is 134 Å². The van der Waals surface area contributed by atoms with Crippen LogP contribution >= 0.6 is 0 Å². The highest BCUT2D eigenvalue weighted by Crippen LogP contribution is 2.44. The number of unbranched alkanes of at least 4 members (excludes halogenated alkanes) is 11. The summed E-state index contributed by atoms with van der Waals surface area (Å²) in [6.07, 6.45) is 45.7. The van der Waals surface area contributed by atoms with Gasteiger partial charge in [-0.3, -0.25) is 14.4 Å². The first-order valence-corrected chi connectivity index (χ1v) is 34.1. The Morgan fingerprint density at radius 1 is 0.361 bits per heavy atom. The number of hydrogen-bond acceptors (Lipinski definition) is 12. The zero-order chi connectivity index (χ0) is 60.5. The Balaban J connectivity index is 0.000000336. The highest BCUT2D eigenvalue weighted by Gasteiger charge is 2.35. The van der Waals surface area contributed by atoms with Gasteiger partial charge in [0.25, 0.3) is 0 Å². The van der Waals surface area contributed by atoms with Crippen LogP contribution in [0.5, 0.6) is 0 Å². The van der Waals surface area contributed by atoms with Crippen LogP contribution < -0.4 is 0 Å². The summed E-state index contributed by atoms with van der Waals surface area (Å²) in [5.74, 6) is 5.49. The van der Waals surface area contributed by atoms with Crippen LogP contribution in [0, 0.1) is 59.2 Å². The summed E-state index contributed by atoms with van der Waals surface area (Å²) in [5.41, 5.74) is 0.846. The fraction of sp³-hybridized carbons (Fsp3) is 0.831. The van der Waals surface area contributed by atoms with E-state index in [4.69, 9.17) is 28.4 Å². The topological polar surface area (TPSA) is 158 Å². The maximum absolute atomic E-state index is 12.4. The highest BCUT2D eigenvalue weighted by atomic mass is 16.6. The lowest BCUT2D eigenvalue weighted by Gasteiger charge is -2.37. The number of carbonyl (C=O) groups excluding carboxylic acids is 6. The molecule has 0 aromatic carbocycles. The normalized spacial score (nSPS) is 25.1. The van der Waals surface area contributed by atoms with Gasteiger partial charge in [0, 0.05) is 17.2 Å². The van der Waals surface area contributed by atoms with E-state index >= 15 is 0 Å². The van der Waals surface area contributed by atoms with Crippen LogP contribution in [0.1, 0.15) is 279 Å². The molecular formula is C71H120O12. The van der Waals surface area contributed by atoms with Gasteiger partial charge in [-0.2, -0.15) is 0 Å². The summed E-state index contributed by atoms with van der Waals surface area (Å²) in [6.45, 7) is 23.2. The molecule has 83 heavy (non-hydrogen) atoms. The average molecular weight is 1170 g/mol. The largest absolute Gasteiger partial charge is 0.465 e. The molecule has 5 rings (SSSR count). The van der Waals surface area contributed by atoms with Crippen molar-refractivity contribution in [2.45, 2.75) is 279 Å². The maximum Gasteiger partial charge on any atom is 0.333 e. The predicted molar refractivity (Wildman–Crippen MR) is 333 cm³/mol. The third-order valence-electron chi connectivity index (χ3n) is 19.0. The molecule has 0 spiro atoms. The van der Waals surface area contributed by atoms with Crippen LogP contribution in [-0.2, 0) is 57.2 Å². The molecule has 0 atom stereocenters. The minimum atomic E-state index is -0.363. The molecule has 0 saturated heterocycles. The van der Waals surface area contributed by atoms with Gasteiger partial charge in [0.2, 0.25) is 0 Å². The van der Waals surface area contributed by atoms with E-state index in [0.29, 0.717) is 57.2 Å². The van der Waals surface area contributed by atoms with E-state index < -0.39 is 0 Å². The first kappa shape index (κ1) is 73.3. The highest BCUT2D eigenvalue weighted by molar-refractivity contribution is 5.87. The van der Waals surface area contributed by atoms with Crippen LogP contribution in [0.25, 0.3) is 0 Å². The second-order valence-electron chi connectivity index (χ2n) is 26.0. The van der Waals surface area contributed by atoms with Crippen molar-refractivity contribution < 1.29 is 57.2 Å². The van der Waals surface area contributed by atoms with Crippen LogP contribution in [-0.4, -0.2) is 75.5 Å². The predicted octanol–water partition coefficient (Wildman–Crippen LogP) is 17.7. The van der Waals surface area contributed by atoms with Gasteiger partial charge in [-0.05, 0) is 222 Å². The molecule has 476 valence electrons. The molecule has 0 amide bonds. The van der Waals surface area contributed by atoms with Gasteiger partial charge in [0.05, 0.1) is 57.4 Å². The monoisotopic (exact) mass is 1160 g/mol. The first-order valence-electron chi connectivity index (χ1n) is 34.1.